The molecule has 6 nitrogen and oxygen atoms in total. The van der Waals surface area contributed by atoms with E-state index < -0.39 is 0 Å². The number of hydrogen-bond acceptors (Lipinski definition) is 5. The Labute approximate surface area is 183 Å². The first kappa shape index (κ1) is 21.4. The van der Waals surface area contributed by atoms with Gasteiger partial charge >= 0.3 is 0 Å². The maximum atomic E-state index is 13.4. The lowest BCUT2D eigenvalue weighted by Crippen LogP contribution is -2.46. The third-order valence-electron chi connectivity index (χ3n) is 6.29. The Hall–Kier alpha value is -2.86. The van der Waals surface area contributed by atoms with Crippen LogP contribution in [0.4, 0.5) is 0 Å². The van der Waals surface area contributed by atoms with Gasteiger partial charge in [0.25, 0.3) is 0 Å². The van der Waals surface area contributed by atoms with E-state index >= 15 is 0 Å². The van der Waals surface area contributed by atoms with Crippen molar-refractivity contribution < 1.29 is 19.1 Å². The van der Waals surface area contributed by atoms with Crippen LogP contribution in [0.2, 0.25) is 0 Å². The van der Waals surface area contributed by atoms with Crippen molar-refractivity contribution in [1.29, 1.82) is 0 Å². The predicted octanol–water partition coefficient (Wildman–Crippen LogP) is 3.57. The summed E-state index contributed by atoms with van der Waals surface area (Å²) >= 11 is 0. The zero-order chi connectivity index (χ0) is 21.8. The lowest BCUT2D eigenvalue weighted by Gasteiger charge is -2.36. The molecule has 0 aliphatic carbocycles. The van der Waals surface area contributed by atoms with Gasteiger partial charge in [0.05, 0.1) is 0 Å². The van der Waals surface area contributed by atoms with Gasteiger partial charge in [-0.1, -0.05) is 37.3 Å². The summed E-state index contributed by atoms with van der Waals surface area (Å²) in [4.78, 5) is 30.4. The van der Waals surface area contributed by atoms with Crippen LogP contribution in [0.1, 0.15) is 41.7 Å². The zero-order valence-electron chi connectivity index (χ0n) is 18.3. The number of benzene rings is 2. The summed E-state index contributed by atoms with van der Waals surface area (Å²) in [6.45, 7) is 5.07. The number of carbonyl (C=O) groups excluding carboxylic acids is 2. The minimum atomic E-state index is -0.295. The molecule has 0 radical (unpaired) electrons. The van der Waals surface area contributed by atoms with Crippen LogP contribution in [0.15, 0.2) is 48.5 Å². The van der Waals surface area contributed by atoms with E-state index in [0.717, 1.165) is 12.1 Å². The first-order valence-electron chi connectivity index (χ1n) is 11.1. The van der Waals surface area contributed by atoms with Crippen LogP contribution in [-0.2, 0) is 4.79 Å². The second-order valence-corrected chi connectivity index (χ2v) is 8.21. The Morgan fingerprint density at radius 1 is 1.03 bits per heavy atom. The lowest BCUT2D eigenvalue weighted by molar-refractivity contribution is -0.138. The number of fused-ring (bicyclic) bond motifs is 1. The second-order valence-electron chi connectivity index (χ2n) is 8.21. The molecule has 0 N–H and O–H groups in total. The number of amides is 1. The van der Waals surface area contributed by atoms with Crippen molar-refractivity contribution in [3.05, 3.63) is 59.7 Å². The molecule has 2 aliphatic heterocycles. The van der Waals surface area contributed by atoms with Crippen LogP contribution < -0.4 is 9.47 Å². The average molecular weight is 423 g/mol. The summed E-state index contributed by atoms with van der Waals surface area (Å²) in [6.07, 6.45) is 1.35. The largest absolute Gasteiger partial charge is 0.486 e. The van der Waals surface area contributed by atoms with Gasteiger partial charge in [-0.2, -0.15) is 0 Å². The number of nitrogens with zero attached hydrogens (tertiary/aromatic N) is 2. The fourth-order valence-corrected chi connectivity index (χ4v) is 4.37. The van der Waals surface area contributed by atoms with Crippen molar-refractivity contribution in [2.75, 3.05) is 39.9 Å². The van der Waals surface area contributed by atoms with Crippen LogP contribution in [0.25, 0.3) is 0 Å². The highest BCUT2D eigenvalue weighted by Crippen LogP contribution is 2.33. The fourth-order valence-electron chi connectivity index (χ4n) is 4.37. The molecule has 1 unspecified atom stereocenters. The third-order valence-corrected chi connectivity index (χ3v) is 6.29. The molecule has 2 heterocycles. The number of carbonyl (C=O) groups is 2. The van der Waals surface area contributed by atoms with Gasteiger partial charge in [0.15, 0.2) is 17.3 Å². The van der Waals surface area contributed by atoms with Gasteiger partial charge in [0.2, 0.25) is 5.91 Å². The van der Waals surface area contributed by atoms with Gasteiger partial charge in [-0.25, -0.2) is 0 Å². The highest BCUT2D eigenvalue weighted by atomic mass is 16.6. The summed E-state index contributed by atoms with van der Waals surface area (Å²) < 4.78 is 11.2. The minimum Gasteiger partial charge on any atom is -0.486 e. The van der Waals surface area contributed by atoms with Gasteiger partial charge in [0, 0.05) is 24.6 Å². The van der Waals surface area contributed by atoms with Crippen LogP contribution in [0.5, 0.6) is 11.5 Å². The Morgan fingerprint density at radius 2 is 1.71 bits per heavy atom. The van der Waals surface area contributed by atoms with Gasteiger partial charge in [-0.3, -0.25) is 14.5 Å². The molecule has 2 aromatic carbocycles. The Kier molecular flexibility index (Phi) is 6.56. The van der Waals surface area contributed by atoms with E-state index in [2.05, 4.69) is 11.8 Å². The molecule has 4 rings (SSSR count). The zero-order valence-corrected chi connectivity index (χ0v) is 18.3. The number of piperidine rings is 1. The SMILES string of the molecule is CCN(C)C(C(=O)N1CCC(C(=O)c2ccc3c(c2)OCCO3)CC1)c1ccccc1. The van der Waals surface area contributed by atoms with Gasteiger partial charge in [0.1, 0.15) is 19.3 Å². The summed E-state index contributed by atoms with van der Waals surface area (Å²) in [5.41, 5.74) is 1.66. The number of likely N-dealkylation sites (tertiary alicyclic amines) is 1. The molecule has 2 aromatic rings. The molecular formula is C25H30N2O4. The first-order chi connectivity index (χ1) is 15.1. The monoisotopic (exact) mass is 422 g/mol. The topological polar surface area (TPSA) is 59.1 Å². The number of Topliss-reactive ketones (excluding diaryl/α,β-unsaturated/α-hetero) is 1. The van der Waals surface area contributed by atoms with Crippen molar-refractivity contribution in [3.8, 4) is 11.5 Å². The molecule has 0 spiro atoms. The van der Waals surface area contributed by atoms with Gasteiger partial charge < -0.3 is 14.4 Å². The van der Waals surface area contributed by atoms with Crippen LogP contribution in [0, 0.1) is 5.92 Å². The molecule has 6 heteroatoms. The lowest BCUT2D eigenvalue weighted by atomic mass is 9.88. The molecule has 0 saturated carbocycles. The maximum Gasteiger partial charge on any atom is 0.244 e. The highest BCUT2D eigenvalue weighted by Gasteiger charge is 2.33. The van der Waals surface area contributed by atoms with Crippen LogP contribution in [0.3, 0.4) is 0 Å². The number of likely N-dealkylation sites (N-methyl/N-ethyl adjacent to an activating group) is 1. The smallest absolute Gasteiger partial charge is 0.244 e. The minimum absolute atomic E-state index is 0.0781. The summed E-state index contributed by atoms with van der Waals surface area (Å²) in [6, 6.07) is 15.0. The standard InChI is InChI=1S/C25H30N2O4/c1-3-26(2)23(18-7-5-4-6-8-18)25(29)27-13-11-19(12-14-27)24(28)20-9-10-21-22(17-20)31-16-15-30-21/h4-10,17,19,23H,3,11-16H2,1-2H3. The van der Waals surface area contributed by atoms with E-state index in [1.807, 2.05) is 54.4 Å². The predicted molar refractivity (Wildman–Crippen MR) is 119 cm³/mol. The van der Waals surface area contributed by atoms with Crippen molar-refractivity contribution >= 4 is 11.7 Å². The molecule has 0 aromatic heterocycles. The van der Waals surface area contributed by atoms with Crippen molar-refractivity contribution in [3.63, 3.8) is 0 Å². The van der Waals surface area contributed by atoms with Crippen LogP contribution in [-0.4, -0.2) is 61.4 Å². The second kappa shape index (κ2) is 9.52. The number of ketones is 1. The van der Waals surface area contributed by atoms with E-state index in [1.54, 1.807) is 6.07 Å². The van der Waals surface area contributed by atoms with E-state index in [9.17, 15) is 9.59 Å². The Balaban J connectivity index is 1.41. The number of rotatable bonds is 6. The molecule has 0 bridgehead atoms. The molecule has 2 aliphatic rings. The molecule has 1 atom stereocenters. The van der Waals surface area contributed by atoms with Gasteiger partial charge in [-0.05, 0) is 50.2 Å². The molecule has 1 fully saturated rings. The normalized spacial score (nSPS) is 17.5. The van der Waals surface area contributed by atoms with E-state index in [4.69, 9.17) is 9.47 Å². The summed E-state index contributed by atoms with van der Waals surface area (Å²) in [5.74, 6) is 1.48. The quantitative estimate of drug-likeness (QED) is 0.666. The van der Waals surface area contributed by atoms with Crippen molar-refractivity contribution in [2.24, 2.45) is 5.92 Å². The summed E-state index contributed by atoms with van der Waals surface area (Å²) in [5, 5.41) is 0. The summed E-state index contributed by atoms with van der Waals surface area (Å²) in [7, 11) is 1.98. The van der Waals surface area contributed by atoms with Crippen molar-refractivity contribution in [2.45, 2.75) is 25.8 Å². The molecule has 31 heavy (non-hydrogen) atoms. The first-order valence-corrected chi connectivity index (χ1v) is 11.1. The molecule has 1 saturated heterocycles. The van der Waals surface area contributed by atoms with E-state index in [1.165, 1.54) is 0 Å². The van der Waals surface area contributed by atoms with Gasteiger partial charge in [-0.15, -0.1) is 0 Å². The number of hydrogen-bond donors (Lipinski definition) is 0. The third kappa shape index (κ3) is 4.59. The van der Waals surface area contributed by atoms with Crippen LogP contribution >= 0.6 is 0 Å². The van der Waals surface area contributed by atoms with E-state index in [-0.39, 0.29) is 23.7 Å². The van der Waals surface area contributed by atoms with Crippen molar-refractivity contribution in [1.82, 2.24) is 9.80 Å². The number of ether oxygens (including phenoxy) is 2. The highest BCUT2D eigenvalue weighted by molar-refractivity contribution is 5.98. The molecule has 164 valence electrons. The Morgan fingerprint density at radius 3 is 2.39 bits per heavy atom. The molecular weight excluding hydrogens is 392 g/mol. The van der Waals surface area contributed by atoms with E-state index in [0.29, 0.717) is 56.2 Å². The maximum absolute atomic E-state index is 13.4. The fraction of sp³-hybridized carbons (Fsp3) is 0.440. The molecule has 1 amide bonds. The average Bonchev–Trinajstić information content (AvgIpc) is 2.84. The Bertz CT molecular complexity index is 922.